The number of carbonyl (C=O) groups is 2. The first-order valence-electron chi connectivity index (χ1n) is 6.98. The van der Waals surface area contributed by atoms with Crippen LogP contribution in [0.1, 0.15) is 32.3 Å². The summed E-state index contributed by atoms with van der Waals surface area (Å²) in [5, 5.41) is 8.98. The van der Waals surface area contributed by atoms with E-state index < -0.39 is 11.9 Å². The van der Waals surface area contributed by atoms with Gasteiger partial charge >= 0.3 is 11.9 Å². The lowest BCUT2D eigenvalue weighted by molar-refractivity contribution is -0.150. The van der Waals surface area contributed by atoms with Gasteiger partial charge in [0.05, 0.1) is 18.4 Å². The van der Waals surface area contributed by atoms with Gasteiger partial charge in [-0.2, -0.15) is 0 Å². The van der Waals surface area contributed by atoms with E-state index in [1.54, 1.807) is 13.8 Å². The maximum atomic E-state index is 11.9. The fourth-order valence-electron chi connectivity index (χ4n) is 2.11. The molecule has 4 heteroatoms. The smallest absolute Gasteiger partial charge is 0.308 e. The lowest BCUT2D eigenvalue weighted by Gasteiger charge is -2.17. The Bertz CT molecular complexity index is 427. The molecule has 0 aliphatic heterocycles. The molecule has 1 N–H and O–H groups in total. The number of esters is 1. The van der Waals surface area contributed by atoms with Gasteiger partial charge in [-0.05, 0) is 31.7 Å². The molecule has 0 amide bonds. The predicted octanol–water partition coefficient (Wildman–Crippen LogP) is 2.91. The zero-order chi connectivity index (χ0) is 15.0. The standard InChI is InChI=1S/C16H22O4/c1-3-20-16(19)14(11-12(2)15(17)18)10-9-13-7-5-4-6-8-13/h4-8,12,14H,3,9-11H2,1-2H3,(H,17,18). The maximum absolute atomic E-state index is 11.9. The molecule has 0 fully saturated rings. The second-order valence-corrected chi connectivity index (χ2v) is 4.95. The highest BCUT2D eigenvalue weighted by atomic mass is 16.5. The summed E-state index contributed by atoms with van der Waals surface area (Å²) in [6.45, 7) is 3.70. The van der Waals surface area contributed by atoms with E-state index in [-0.39, 0.29) is 11.9 Å². The Labute approximate surface area is 119 Å². The molecule has 20 heavy (non-hydrogen) atoms. The van der Waals surface area contributed by atoms with Gasteiger partial charge in [-0.25, -0.2) is 0 Å². The van der Waals surface area contributed by atoms with Crippen LogP contribution in [-0.2, 0) is 20.7 Å². The van der Waals surface area contributed by atoms with Gasteiger partial charge < -0.3 is 9.84 Å². The monoisotopic (exact) mass is 278 g/mol. The van der Waals surface area contributed by atoms with Crippen LogP contribution in [0.15, 0.2) is 30.3 Å². The van der Waals surface area contributed by atoms with Crippen LogP contribution >= 0.6 is 0 Å². The van der Waals surface area contributed by atoms with Crippen LogP contribution < -0.4 is 0 Å². The van der Waals surface area contributed by atoms with Crippen LogP contribution in [-0.4, -0.2) is 23.7 Å². The number of aliphatic carboxylic acids is 1. The molecule has 0 saturated heterocycles. The molecule has 1 aromatic rings. The molecule has 0 bridgehead atoms. The summed E-state index contributed by atoms with van der Waals surface area (Å²) >= 11 is 0. The van der Waals surface area contributed by atoms with Crippen LogP contribution in [0.5, 0.6) is 0 Å². The summed E-state index contributed by atoms with van der Waals surface area (Å²) in [6.07, 6.45) is 1.68. The van der Waals surface area contributed by atoms with Gasteiger partial charge in [0.25, 0.3) is 0 Å². The highest BCUT2D eigenvalue weighted by Gasteiger charge is 2.25. The molecule has 0 spiro atoms. The van der Waals surface area contributed by atoms with Crippen LogP contribution in [0.4, 0.5) is 0 Å². The van der Waals surface area contributed by atoms with Crippen molar-refractivity contribution < 1.29 is 19.4 Å². The van der Waals surface area contributed by atoms with E-state index >= 15 is 0 Å². The quantitative estimate of drug-likeness (QED) is 0.743. The van der Waals surface area contributed by atoms with Gasteiger partial charge in [0.1, 0.15) is 0 Å². The van der Waals surface area contributed by atoms with Gasteiger partial charge in [0.15, 0.2) is 0 Å². The second kappa shape index (κ2) is 8.35. The number of rotatable bonds is 8. The molecule has 2 unspecified atom stereocenters. The Morgan fingerprint density at radius 3 is 2.45 bits per heavy atom. The minimum absolute atomic E-state index is 0.295. The third-order valence-electron chi connectivity index (χ3n) is 3.30. The zero-order valence-electron chi connectivity index (χ0n) is 12.0. The minimum Gasteiger partial charge on any atom is -0.481 e. The summed E-state index contributed by atoms with van der Waals surface area (Å²) in [7, 11) is 0. The highest BCUT2D eigenvalue weighted by Crippen LogP contribution is 2.20. The van der Waals surface area contributed by atoms with E-state index in [1.165, 1.54) is 0 Å². The predicted molar refractivity (Wildman–Crippen MR) is 76.3 cm³/mol. The molecule has 0 saturated carbocycles. The lowest BCUT2D eigenvalue weighted by atomic mass is 9.90. The number of carbonyl (C=O) groups excluding carboxylic acids is 1. The molecule has 0 heterocycles. The number of benzene rings is 1. The number of carboxylic acids is 1. The van der Waals surface area contributed by atoms with Crippen molar-refractivity contribution in [3.8, 4) is 0 Å². The van der Waals surface area contributed by atoms with E-state index in [1.807, 2.05) is 30.3 Å². The molecule has 0 radical (unpaired) electrons. The van der Waals surface area contributed by atoms with Crippen molar-refractivity contribution in [1.82, 2.24) is 0 Å². The summed E-state index contributed by atoms with van der Waals surface area (Å²) < 4.78 is 5.04. The van der Waals surface area contributed by atoms with Gasteiger partial charge in [-0.1, -0.05) is 37.3 Å². The Hall–Kier alpha value is -1.84. The van der Waals surface area contributed by atoms with Gasteiger partial charge in [-0.3, -0.25) is 9.59 Å². The molecule has 1 aromatic carbocycles. The van der Waals surface area contributed by atoms with Crippen molar-refractivity contribution in [2.45, 2.75) is 33.1 Å². The first-order valence-corrected chi connectivity index (χ1v) is 6.98. The van der Waals surface area contributed by atoms with E-state index in [2.05, 4.69) is 0 Å². The van der Waals surface area contributed by atoms with Crippen molar-refractivity contribution in [2.24, 2.45) is 11.8 Å². The zero-order valence-corrected chi connectivity index (χ0v) is 12.0. The van der Waals surface area contributed by atoms with E-state index in [0.29, 0.717) is 19.4 Å². The number of hydrogen-bond donors (Lipinski definition) is 1. The Balaban J connectivity index is 2.62. The molecule has 0 aromatic heterocycles. The van der Waals surface area contributed by atoms with Crippen LogP contribution in [0.2, 0.25) is 0 Å². The van der Waals surface area contributed by atoms with Crippen molar-refractivity contribution in [1.29, 1.82) is 0 Å². The number of hydrogen-bond acceptors (Lipinski definition) is 3. The molecule has 0 aliphatic rings. The Kier molecular flexibility index (Phi) is 6.77. The van der Waals surface area contributed by atoms with Crippen LogP contribution in [0, 0.1) is 11.8 Å². The van der Waals surface area contributed by atoms with Gasteiger partial charge in [0.2, 0.25) is 0 Å². The average molecular weight is 278 g/mol. The average Bonchev–Trinajstić information content (AvgIpc) is 2.44. The number of carboxylic acid groups (broad SMARTS) is 1. The molecule has 4 nitrogen and oxygen atoms in total. The molecular formula is C16H22O4. The van der Waals surface area contributed by atoms with E-state index in [0.717, 1.165) is 12.0 Å². The van der Waals surface area contributed by atoms with Crippen molar-refractivity contribution in [2.75, 3.05) is 6.61 Å². The number of ether oxygens (including phenoxy) is 1. The molecule has 0 aliphatic carbocycles. The molecule has 2 atom stereocenters. The minimum atomic E-state index is -0.876. The van der Waals surface area contributed by atoms with Gasteiger partial charge in [-0.15, -0.1) is 0 Å². The molecule has 1 rings (SSSR count). The normalized spacial score (nSPS) is 13.5. The summed E-state index contributed by atoms with van der Waals surface area (Å²) in [4.78, 5) is 22.8. The second-order valence-electron chi connectivity index (χ2n) is 4.95. The fraction of sp³-hybridized carbons (Fsp3) is 0.500. The topological polar surface area (TPSA) is 63.6 Å². The van der Waals surface area contributed by atoms with E-state index in [9.17, 15) is 9.59 Å². The van der Waals surface area contributed by atoms with Crippen molar-refractivity contribution in [3.63, 3.8) is 0 Å². The lowest BCUT2D eigenvalue weighted by Crippen LogP contribution is -2.23. The fourth-order valence-corrected chi connectivity index (χ4v) is 2.11. The third kappa shape index (κ3) is 5.43. The third-order valence-corrected chi connectivity index (χ3v) is 3.30. The van der Waals surface area contributed by atoms with Crippen molar-refractivity contribution >= 4 is 11.9 Å². The van der Waals surface area contributed by atoms with Crippen LogP contribution in [0.25, 0.3) is 0 Å². The highest BCUT2D eigenvalue weighted by molar-refractivity contribution is 5.74. The van der Waals surface area contributed by atoms with Gasteiger partial charge in [0, 0.05) is 0 Å². The number of aryl methyl sites for hydroxylation is 1. The first kappa shape index (κ1) is 16.2. The first-order chi connectivity index (χ1) is 9.54. The Morgan fingerprint density at radius 1 is 1.25 bits per heavy atom. The van der Waals surface area contributed by atoms with Crippen molar-refractivity contribution in [3.05, 3.63) is 35.9 Å². The summed E-state index contributed by atoms with van der Waals surface area (Å²) in [6, 6.07) is 9.85. The Morgan fingerprint density at radius 2 is 1.90 bits per heavy atom. The largest absolute Gasteiger partial charge is 0.481 e. The van der Waals surface area contributed by atoms with Crippen LogP contribution in [0.3, 0.4) is 0 Å². The SMILES string of the molecule is CCOC(=O)C(CCc1ccccc1)CC(C)C(=O)O. The molecular weight excluding hydrogens is 256 g/mol. The summed E-state index contributed by atoms with van der Waals surface area (Å²) in [5.74, 6) is -2.07. The summed E-state index contributed by atoms with van der Waals surface area (Å²) in [5.41, 5.74) is 1.14. The molecule has 110 valence electrons. The van der Waals surface area contributed by atoms with E-state index in [4.69, 9.17) is 9.84 Å². The maximum Gasteiger partial charge on any atom is 0.308 e.